The number of aromatic nitrogens is 4. The van der Waals surface area contributed by atoms with Crippen molar-refractivity contribution in [3.05, 3.63) is 88.5 Å². The van der Waals surface area contributed by atoms with Crippen LogP contribution in [0, 0.1) is 12.7 Å². The molecule has 6 nitrogen and oxygen atoms in total. The first-order valence-electron chi connectivity index (χ1n) is 8.90. The van der Waals surface area contributed by atoms with Gasteiger partial charge in [-0.05, 0) is 25.1 Å². The fourth-order valence-electron chi connectivity index (χ4n) is 2.86. The highest BCUT2D eigenvalue weighted by Gasteiger charge is 2.13. The Morgan fingerprint density at radius 1 is 1.21 bits per heavy atom. The number of carbonyl (C=O) groups is 1. The van der Waals surface area contributed by atoms with E-state index in [1.165, 1.54) is 10.7 Å². The van der Waals surface area contributed by atoms with Crippen LogP contribution in [0.1, 0.15) is 21.6 Å². The predicted molar refractivity (Wildman–Crippen MR) is 109 cm³/mol. The second-order valence-electron chi connectivity index (χ2n) is 6.59. The maximum Gasteiger partial charge on any atom is 0.274 e. The summed E-state index contributed by atoms with van der Waals surface area (Å²) in [4.78, 5) is 12.5. The highest BCUT2D eigenvalue weighted by Crippen LogP contribution is 2.21. The number of hydrogen-bond donors (Lipinski definition) is 2. The van der Waals surface area contributed by atoms with Crippen LogP contribution in [0.4, 0.5) is 10.2 Å². The number of carbonyl (C=O) groups excluding carboxylic acids is 1. The van der Waals surface area contributed by atoms with Gasteiger partial charge < -0.3 is 5.32 Å². The number of nitrogens with one attached hydrogen (secondary N) is 2. The van der Waals surface area contributed by atoms with Crippen molar-refractivity contribution >= 4 is 23.3 Å². The molecule has 0 radical (unpaired) electrons. The van der Waals surface area contributed by atoms with Crippen LogP contribution in [0.15, 0.2) is 60.8 Å². The number of aryl methyl sites for hydroxylation is 1. The van der Waals surface area contributed by atoms with Gasteiger partial charge in [-0.2, -0.15) is 10.2 Å². The lowest BCUT2D eigenvalue weighted by Gasteiger charge is -2.06. The molecule has 0 spiro atoms. The SMILES string of the molecule is Cc1ccc(-c2cc(C(=O)Nc3ccn(Cc4c(F)cccc4Cl)n3)[nH]n2)cc1. The summed E-state index contributed by atoms with van der Waals surface area (Å²) >= 11 is 6.05. The minimum absolute atomic E-state index is 0.156. The molecular formula is C21H17ClFN5O. The Balaban J connectivity index is 1.45. The number of hydrogen-bond acceptors (Lipinski definition) is 3. The molecule has 0 saturated heterocycles. The van der Waals surface area contributed by atoms with Crippen LogP contribution in [0.5, 0.6) is 0 Å². The monoisotopic (exact) mass is 409 g/mol. The van der Waals surface area contributed by atoms with Gasteiger partial charge in [0, 0.05) is 28.4 Å². The summed E-state index contributed by atoms with van der Waals surface area (Å²) in [5, 5.41) is 14.2. The maximum atomic E-state index is 13.9. The van der Waals surface area contributed by atoms with Gasteiger partial charge in [0.05, 0.1) is 12.2 Å². The molecule has 4 rings (SSSR count). The average Bonchev–Trinajstić information content (AvgIpc) is 3.35. The van der Waals surface area contributed by atoms with E-state index in [-0.39, 0.29) is 12.5 Å². The summed E-state index contributed by atoms with van der Waals surface area (Å²) in [6.45, 7) is 2.16. The van der Waals surface area contributed by atoms with Crippen molar-refractivity contribution in [3.63, 3.8) is 0 Å². The number of aromatic amines is 1. The summed E-state index contributed by atoms with van der Waals surface area (Å²) in [6, 6.07) is 15.7. The van der Waals surface area contributed by atoms with Gasteiger partial charge in [0.2, 0.25) is 0 Å². The molecule has 4 aromatic rings. The molecule has 0 aliphatic rings. The molecule has 0 aliphatic carbocycles. The first-order valence-corrected chi connectivity index (χ1v) is 9.27. The minimum Gasteiger partial charge on any atom is -0.304 e. The van der Waals surface area contributed by atoms with Crippen molar-refractivity contribution in [3.8, 4) is 11.3 Å². The second kappa shape index (κ2) is 7.89. The topological polar surface area (TPSA) is 75.6 Å². The molecule has 0 bridgehead atoms. The van der Waals surface area contributed by atoms with Crippen molar-refractivity contribution in [2.75, 3.05) is 5.32 Å². The van der Waals surface area contributed by atoms with E-state index in [1.807, 2.05) is 31.2 Å². The van der Waals surface area contributed by atoms with E-state index < -0.39 is 5.82 Å². The molecule has 2 N–H and O–H groups in total. The molecule has 2 heterocycles. The van der Waals surface area contributed by atoms with E-state index in [4.69, 9.17) is 11.6 Å². The molecule has 8 heteroatoms. The van der Waals surface area contributed by atoms with E-state index >= 15 is 0 Å². The van der Waals surface area contributed by atoms with Crippen LogP contribution in [0.25, 0.3) is 11.3 Å². The summed E-state index contributed by atoms with van der Waals surface area (Å²) in [5.41, 5.74) is 3.39. The zero-order valence-corrected chi connectivity index (χ0v) is 16.2. The normalized spacial score (nSPS) is 10.9. The molecule has 2 aromatic heterocycles. The Kier molecular flexibility index (Phi) is 5.14. The largest absolute Gasteiger partial charge is 0.304 e. The number of anilines is 1. The van der Waals surface area contributed by atoms with Crippen molar-refractivity contribution in [2.45, 2.75) is 13.5 Å². The lowest BCUT2D eigenvalue weighted by molar-refractivity contribution is 0.102. The molecule has 1 amide bonds. The van der Waals surface area contributed by atoms with Crippen LogP contribution in [0.2, 0.25) is 5.02 Å². The minimum atomic E-state index is -0.403. The molecule has 0 atom stereocenters. The van der Waals surface area contributed by atoms with Crippen LogP contribution in [0.3, 0.4) is 0 Å². The quantitative estimate of drug-likeness (QED) is 0.502. The van der Waals surface area contributed by atoms with Crippen LogP contribution < -0.4 is 5.32 Å². The van der Waals surface area contributed by atoms with Crippen LogP contribution in [-0.4, -0.2) is 25.9 Å². The number of benzene rings is 2. The number of amides is 1. The lowest BCUT2D eigenvalue weighted by Crippen LogP contribution is -2.13. The third kappa shape index (κ3) is 4.20. The number of H-pyrrole nitrogens is 1. The van der Waals surface area contributed by atoms with Gasteiger partial charge in [0.1, 0.15) is 11.5 Å². The third-order valence-electron chi connectivity index (χ3n) is 4.43. The average molecular weight is 410 g/mol. The first kappa shape index (κ1) is 18.9. The highest BCUT2D eigenvalue weighted by molar-refractivity contribution is 6.31. The van der Waals surface area contributed by atoms with Gasteiger partial charge in [0.25, 0.3) is 5.91 Å². The number of rotatable bonds is 5. The van der Waals surface area contributed by atoms with Crippen molar-refractivity contribution in [1.29, 1.82) is 0 Å². The van der Waals surface area contributed by atoms with Gasteiger partial charge in [-0.25, -0.2) is 4.39 Å². The summed E-state index contributed by atoms with van der Waals surface area (Å²) in [6.07, 6.45) is 1.64. The number of nitrogens with zero attached hydrogens (tertiary/aromatic N) is 3. The van der Waals surface area contributed by atoms with Crippen LogP contribution >= 0.6 is 11.6 Å². The van der Waals surface area contributed by atoms with E-state index in [0.29, 0.717) is 27.8 Å². The Morgan fingerprint density at radius 2 is 2.00 bits per heavy atom. The van der Waals surface area contributed by atoms with E-state index in [0.717, 1.165) is 11.1 Å². The summed E-state index contributed by atoms with van der Waals surface area (Å²) in [5.74, 6) is -0.432. The molecule has 0 fully saturated rings. The Morgan fingerprint density at radius 3 is 2.76 bits per heavy atom. The second-order valence-corrected chi connectivity index (χ2v) is 6.99. The van der Waals surface area contributed by atoms with E-state index in [2.05, 4.69) is 20.6 Å². The Hall–Kier alpha value is -3.45. The molecule has 0 saturated carbocycles. The predicted octanol–water partition coefficient (Wildman–Crippen LogP) is 4.67. The molecule has 0 unspecified atom stereocenters. The fraction of sp³-hybridized carbons (Fsp3) is 0.0952. The van der Waals surface area contributed by atoms with Crippen LogP contribution in [-0.2, 0) is 6.54 Å². The third-order valence-corrected chi connectivity index (χ3v) is 4.79. The number of halogens is 2. The van der Waals surface area contributed by atoms with Gasteiger partial charge in [-0.1, -0.05) is 47.5 Å². The van der Waals surface area contributed by atoms with Gasteiger partial charge >= 0.3 is 0 Å². The van der Waals surface area contributed by atoms with Crippen molar-refractivity contribution < 1.29 is 9.18 Å². The summed E-state index contributed by atoms with van der Waals surface area (Å²) < 4.78 is 15.4. The van der Waals surface area contributed by atoms with Gasteiger partial charge in [-0.3, -0.25) is 14.6 Å². The van der Waals surface area contributed by atoms with Crippen molar-refractivity contribution in [1.82, 2.24) is 20.0 Å². The van der Waals surface area contributed by atoms with E-state index in [1.54, 1.807) is 30.5 Å². The highest BCUT2D eigenvalue weighted by atomic mass is 35.5. The molecule has 29 heavy (non-hydrogen) atoms. The fourth-order valence-corrected chi connectivity index (χ4v) is 3.08. The van der Waals surface area contributed by atoms with Crippen molar-refractivity contribution in [2.24, 2.45) is 0 Å². The molecule has 2 aromatic carbocycles. The summed E-state index contributed by atoms with van der Waals surface area (Å²) in [7, 11) is 0. The van der Waals surface area contributed by atoms with Gasteiger partial charge in [-0.15, -0.1) is 0 Å². The van der Waals surface area contributed by atoms with E-state index in [9.17, 15) is 9.18 Å². The lowest BCUT2D eigenvalue weighted by atomic mass is 10.1. The first-order chi connectivity index (χ1) is 14.0. The van der Waals surface area contributed by atoms with Gasteiger partial charge in [0.15, 0.2) is 5.82 Å². The standard InChI is InChI=1S/C21H17ClFN5O/c1-13-5-7-14(8-6-13)18-11-19(26-25-18)21(29)24-20-9-10-28(27-20)12-15-16(22)3-2-4-17(15)23/h2-11H,12H2,1H3,(H,25,26)(H,24,27,29). The zero-order valence-electron chi connectivity index (χ0n) is 15.5. The maximum absolute atomic E-state index is 13.9. The molecular weight excluding hydrogens is 393 g/mol. The molecule has 0 aliphatic heterocycles. The Bertz CT molecular complexity index is 1150. The zero-order chi connectivity index (χ0) is 20.4. The molecule has 146 valence electrons. The smallest absolute Gasteiger partial charge is 0.274 e. The Labute approximate surface area is 171 Å².